The van der Waals surface area contributed by atoms with Gasteiger partial charge in [-0.1, -0.05) is 20.8 Å². The summed E-state index contributed by atoms with van der Waals surface area (Å²) in [4.78, 5) is 25.9. The predicted molar refractivity (Wildman–Crippen MR) is 88.3 cm³/mol. The Morgan fingerprint density at radius 3 is 2.41 bits per heavy atom. The van der Waals surface area contributed by atoms with Gasteiger partial charge in [-0.15, -0.1) is 0 Å². The topological polar surface area (TPSA) is 87.5 Å². The fourth-order valence-corrected chi connectivity index (χ4v) is 2.64. The quantitative estimate of drug-likeness (QED) is 0.602. The lowest BCUT2D eigenvalue weighted by Crippen LogP contribution is -2.47. The summed E-state index contributed by atoms with van der Waals surface area (Å²) in [5.41, 5.74) is 5.73. The van der Waals surface area contributed by atoms with Gasteiger partial charge in [0.1, 0.15) is 0 Å². The molecule has 6 nitrogen and oxygen atoms in total. The normalized spacial score (nSPS) is 18.2. The number of carbonyl (C=O) groups excluding carboxylic acids is 2. The third-order valence-electron chi connectivity index (χ3n) is 4.28. The van der Waals surface area contributed by atoms with Gasteiger partial charge in [-0.2, -0.15) is 0 Å². The summed E-state index contributed by atoms with van der Waals surface area (Å²) in [5.74, 6) is 0.209. The zero-order valence-corrected chi connectivity index (χ0v) is 14.2. The maximum atomic E-state index is 11.8. The standard InChI is InChI=1S/C16H32N4O2/c1-4-7-20-8-5-13(6-9-20)10-18-14(21)11-19-16(22)15(17)12(2)3/h12-13,15H,4-11,17H2,1-3H3,(H,18,21)(H,19,22)/t15-/m0/s1. The molecule has 0 unspecified atom stereocenters. The van der Waals surface area contributed by atoms with E-state index in [2.05, 4.69) is 22.5 Å². The molecule has 6 heteroatoms. The molecule has 0 aromatic heterocycles. The van der Waals surface area contributed by atoms with Crippen LogP contribution in [-0.2, 0) is 9.59 Å². The van der Waals surface area contributed by atoms with Gasteiger partial charge in [0.2, 0.25) is 11.8 Å². The largest absolute Gasteiger partial charge is 0.354 e. The molecule has 0 aromatic rings. The molecule has 0 bridgehead atoms. The van der Waals surface area contributed by atoms with Crippen LogP contribution in [0.4, 0.5) is 0 Å². The molecule has 1 aliphatic rings. The lowest BCUT2D eigenvalue weighted by Gasteiger charge is -2.31. The molecule has 1 rings (SSSR count). The molecule has 0 spiro atoms. The highest BCUT2D eigenvalue weighted by Crippen LogP contribution is 2.16. The number of rotatable bonds is 8. The number of nitrogens with one attached hydrogen (secondary N) is 2. The van der Waals surface area contributed by atoms with Gasteiger partial charge < -0.3 is 21.3 Å². The highest BCUT2D eigenvalue weighted by molar-refractivity contribution is 5.87. The number of amides is 2. The Kier molecular flexibility index (Phi) is 8.42. The van der Waals surface area contributed by atoms with Crippen LogP contribution in [0.3, 0.4) is 0 Å². The van der Waals surface area contributed by atoms with E-state index >= 15 is 0 Å². The molecule has 22 heavy (non-hydrogen) atoms. The first-order chi connectivity index (χ1) is 10.4. The Balaban J connectivity index is 2.15. The molecule has 0 radical (unpaired) electrons. The van der Waals surface area contributed by atoms with Crippen LogP contribution in [0.25, 0.3) is 0 Å². The number of likely N-dealkylation sites (tertiary alicyclic amines) is 1. The first-order valence-electron chi connectivity index (χ1n) is 8.46. The van der Waals surface area contributed by atoms with Crippen molar-refractivity contribution in [1.82, 2.24) is 15.5 Å². The van der Waals surface area contributed by atoms with Crippen LogP contribution in [0.15, 0.2) is 0 Å². The van der Waals surface area contributed by atoms with Crippen molar-refractivity contribution < 1.29 is 9.59 Å². The number of nitrogens with two attached hydrogens (primary N) is 1. The van der Waals surface area contributed by atoms with Crippen molar-refractivity contribution in [2.24, 2.45) is 17.6 Å². The number of nitrogens with zero attached hydrogens (tertiary/aromatic N) is 1. The van der Waals surface area contributed by atoms with E-state index in [1.807, 2.05) is 13.8 Å². The first-order valence-corrected chi connectivity index (χ1v) is 8.46. The molecular weight excluding hydrogens is 280 g/mol. The van der Waals surface area contributed by atoms with Gasteiger partial charge in [0.25, 0.3) is 0 Å². The van der Waals surface area contributed by atoms with Gasteiger partial charge >= 0.3 is 0 Å². The molecule has 1 fully saturated rings. The Bertz CT molecular complexity index is 352. The lowest BCUT2D eigenvalue weighted by molar-refractivity contribution is -0.127. The van der Waals surface area contributed by atoms with Gasteiger partial charge in [-0.05, 0) is 50.7 Å². The fraction of sp³-hybridized carbons (Fsp3) is 0.875. The van der Waals surface area contributed by atoms with Gasteiger partial charge in [-0.25, -0.2) is 0 Å². The van der Waals surface area contributed by atoms with Crippen molar-refractivity contribution in [3.63, 3.8) is 0 Å². The Morgan fingerprint density at radius 2 is 1.86 bits per heavy atom. The van der Waals surface area contributed by atoms with Crippen molar-refractivity contribution in [3.8, 4) is 0 Å². The SMILES string of the molecule is CCCN1CCC(CNC(=O)CNC(=O)[C@@H](N)C(C)C)CC1. The van der Waals surface area contributed by atoms with E-state index in [0.717, 1.165) is 25.9 Å². The van der Waals surface area contributed by atoms with E-state index < -0.39 is 6.04 Å². The fourth-order valence-electron chi connectivity index (χ4n) is 2.64. The summed E-state index contributed by atoms with van der Waals surface area (Å²) < 4.78 is 0. The summed E-state index contributed by atoms with van der Waals surface area (Å²) in [6, 6.07) is -0.560. The van der Waals surface area contributed by atoms with Crippen molar-refractivity contribution >= 4 is 11.8 Å². The molecule has 0 saturated carbocycles. The molecule has 1 aliphatic heterocycles. The first kappa shape index (κ1) is 18.9. The van der Waals surface area contributed by atoms with Crippen LogP contribution < -0.4 is 16.4 Å². The summed E-state index contributed by atoms with van der Waals surface area (Å²) >= 11 is 0. The van der Waals surface area contributed by atoms with Crippen LogP contribution in [0.5, 0.6) is 0 Å². The summed E-state index contributed by atoms with van der Waals surface area (Å²) in [6.45, 7) is 10.1. The Morgan fingerprint density at radius 1 is 1.23 bits per heavy atom. The monoisotopic (exact) mass is 312 g/mol. The molecular formula is C16H32N4O2. The molecule has 0 aromatic carbocycles. The number of hydrogen-bond donors (Lipinski definition) is 3. The minimum absolute atomic E-state index is 0.00787. The third kappa shape index (κ3) is 6.75. The number of carbonyl (C=O) groups is 2. The van der Waals surface area contributed by atoms with Crippen LogP contribution in [0, 0.1) is 11.8 Å². The van der Waals surface area contributed by atoms with Crippen LogP contribution >= 0.6 is 0 Å². The Labute approximate surface area is 134 Å². The Hall–Kier alpha value is -1.14. The second-order valence-corrected chi connectivity index (χ2v) is 6.58. The van der Waals surface area contributed by atoms with E-state index in [0.29, 0.717) is 12.5 Å². The van der Waals surface area contributed by atoms with Gasteiger partial charge in [0.15, 0.2) is 0 Å². The zero-order valence-electron chi connectivity index (χ0n) is 14.2. The number of piperidine rings is 1. The van der Waals surface area contributed by atoms with E-state index in [1.165, 1.54) is 13.0 Å². The average molecular weight is 312 g/mol. The smallest absolute Gasteiger partial charge is 0.239 e. The molecule has 1 heterocycles. The molecule has 128 valence electrons. The van der Waals surface area contributed by atoms with E-state index in [1.54, 1.807) is 0 Å². The lowest BCUT2D eigenvalue weighted by atomic mass is 9.96. The van der Waals surface area contributed by atoms with Crippen molar-refractivity contribution in [2.45, 2.75) is 46.1 Å². The maximum absolute atomic E-state index is 11.8. The van der Waals surface area contributed by atoms with Gasteiger partial charge in [-0.3, -0.25) is 9.59 Å². The average Bonchev–Trinajstić information content (AvgIpc) is 2.51. The highest BCUT2D eigenvalue weighted by atomic mass is 16.2. The molecule has 1 saturated heterocycles. The minimum atomic E-state index is -0.560. The second kappa shape index (κ2) is 9.79. The zero-order chi connectivity index (χ0) is 16.5. The van der Waals surface area contributed by atoms with Gasteiger partial charge in [0, 0.05) is 6.54 Å². The van der Waals surface area contributed by atoms with Crippen molar-refractivity contribution in [1.29, 1.82) is 0 Å². The summed E-state index contributed by atoms with van der Waals surface area (Å²) in [5, 5.41) is 5.50. The van der Waals surface area contributed by atoms with Crippen molar-refractivity contribution in [3.05, 3.63) is 0 Å². The maximum Gasteiger partial charge on any atom is 0.239 e. The highest BCUT2D eigenvalue weighted by Gasteiger charge is 2.20. The second-order valence-electron chi connectivity index (χ2n) is 6.58. The van der Waals surface area contributed by atoms with E-state index in [9.17, 15) is 9.59 Å². The van der Waals surface area contributed by atoms with Crippen LogP contribution in [0.2, 0.25) is 0 Å². The van der Waals surface area contributed by atoms with Gasteiger partial charge in [0.05, 0.1) is 12.6 Å². The van der Waals surface area contributed by atoms with Crippen molar-refractivity contribution in [2.75, 3.05) is 32.7 Å². The molecule has 0 aliphatic carbocycles. The van der Waals surface area contributed by atoms with E-state index in [4.69, 9.17) is 5.73 Å². The van der Waals surface area contributed by atoms with E-state index in [-0.39, 0.29) is 24.3 Å². The molecule has 4 N–H and O–H groups in total. The molecule has 1 atom stereocenters. The van der Waals surface area contributed by atoms with Crippen LogP contribution in [-0.4, -0.2) is 55.5 Å². The summed E-state index contributed by atoms with van der Waals surface area (Å²) in [7, 11) is 0. The number of hydrogen-bond acceptors (Lipinski definition) is 4. The minimum Gasteiger partial charge on any atom is -0.354 e. The predicted octanol–water partition coefficient (Wildman–Crippen LogP) is 0.324. The van der Waals surface area contributed by atoms with Crippen LogP contribution in [0.1, 0.15) is 40.0 Å². The third-order valence-corrected chi connectivity index (χ3v) is 4.28. The summed E-state index contributed by atoms with van der Waals surface area (Å²) in [6.07, 6.45) is 3.45. The molecule has 2 amide bonds.